The molecule has 150 valence electrons. The number of rotatable bonds is 9. The van der Waals surface area contributed by atoms with E-state index in [-0.39, 0.29) is 12.2 Å². The van der Waals surface area contributed by atoms with Gasteiger partial charge in [0, 0.05) is 5.56 Å². The normalized spacial score (nSPS) is 11.1. The van der Waals surface area contributed by atoms with Gasteiger partial charge in [0.25, 0.3) is 0 Å². The minimum Gasteiger partial charge on any atom is -0.490 e. The zero-order valence-electron chi connectivity index (χ0n) is 16.4. The van der Waals surface area contributed by atoms with Gasteiger partial charge in [0.05, 0.1) is 6.42 Å². The van der Waals surface area contributed by atoms with Crippen molar-refractivity contribution in [2.24, 2.45) is 0 Å². The molecule has 0 unspecified atom stereocenters. The Balaban J connectivity index is 1.56. The zero-order chi connectivity index (χ0) is 21.2. The monoisotopic (exact) mass is 398 g/mol. The van der Waals surface area contributed by atoms with Crippen molar-refractivity contribution in [1.29, 1.82) is 0 Å². The average molecular weight is 398 g/mol. The lowest BCUT2D eigenvalue weighted by molar-refractivity contribution is -0.136. The van der Waals surface area contributed by atoms with Crippen LogP contribution in [0.4, 0.5) is 0 Å². The molecule has 0 aliphatic carbocycles. The molecule has 0 radical (unpaired) electrons. The van der Waals surface area contributed by atoms with Gasteiger partial charge in [-0.1, -0.05) is 78.9 Å². The molecule has 0 atom stereocenters. The summed E-state index contributed by atoms with van der Waals surface area (Å²) in [7, 11) is 0. The lowest BCUT2D eigenvalue weighted by atomic mass is 10.1. The van der Waals surface area contributed by atoms with Gasteiger partial charge in [0.2, 0.25) is 0 Å². The lowest BCUT2D eigenvalue weighted by Crippen LogP contribution is -2.01. The molecule has 0 aliphatic heterocycles. The number of ether oxygens (including phenoxy) is 1. The number of carbonyl (C=O) groups is 2. The highest BCUT2D eigenvalue weighted by Gasteiger charge is 2.04. The second-order valence-electron chi connectivity index (χ2n) is 6.66. The van der Waals surface area contributed by atoms with Gasteiger partial charge in [-0.2, -0.15) is 0 Å². The number of hydrogen-bond donors (Lipinski definition) is 1. The SMILES string of the molecule is O=C(O)Cc1ccc(C(=O)C=Cc2cccc(OCC=Cc3ccccc3)c2)cc1. The zero-order valence-corrected chi connectivity index (χ0v) is 16.4. The molecule has 0 aromatic heterocycles. The van der Waals surface area contributed by atoms with Gasteiger partial charge < -0.3 is 9.84 Å². The summed E-state index contributed by atoms with van der Waals surface area (Å²) in [4.78, 5) is 23.1. The van der Waals surface area contributed by atoms with E-state index in [2.05, 4.69) is 0 Å². The Morgan fingerprint density at radius 3 is 2.30 bits per heavy atom. The van der Waals surface area contributed by atoms with Crippen LogP contribution < -0.4 is 4.74 Å². The number of aliphatic carboxylic acids is 1. The number of benzene rings is 3. The molecule has 3 rings (SSSR count). The summed E-state index contributed by atoms with van der Waals surface area (Å²) in [6.45, 7) is 0.448. The third-order valence-electron chi connectivity index (χ3n) is 4.34. The Kier molecular flexibility index (Phi) is 7.34. The minimum absolute atomic E-state index is 0.0579. The summed E-state index contributed by atoms with van der Waals surface area (Å²) in [6.07, 6.45) is 7.14. The predicted octanol–water partition coefficient (Wildman–Crippen LogP) is 5.30. The van der Waals surface area contributed by atoms with Crippen molar-refractivity contribution in [3.05, 3.63) is 113 Å². The molecule has 4 nitrogen and oxygen atoms in total. The first kappa shape index (κ1) is 20.8. The molecule has 3 aromatic carbocycles. The van der Waals surface area contributed by atoms with Gasteiger partial charge in [0.1, 0.15) is 12.4 Å². The lowest BCUT2D eigenvalue weighted by Gasteiger charge is -2.04. The van der Waals surface area contributed by atoms with Crippen molar-refractivity contribution >= 4 is 23.9 Å². The Bertz CT molecular complexity index is 1050. The van der Waals surface area contributed by atoms with Gasteiger partial charge in [-0.25, -0.2) is 0 Å². The molecule has 4 heteroatoms. The molecule has 0 aliphatic rings. The molecular formula is C26H22O4. The molecule has 0 saturated heterocycles. The van der Waals surface area contributed by atoms with Crippen LogP contribution in [0.3, 0.4) is 0 Å². The van der Waals surface area contributed by atoms with E-state index in [1.165, 1.54) is 6.08 Å². The Morgan fingerprint density at radius 2 is 1.57 bits per heavy atom. The van der Waals surface area contributed by atoms with Crippen LogP contribution in [0.2, 0.25) is 0 Å². The maximum Gasteiger partial charge on any atom is 0.307 e. The number of hydrogen-bond acceptors (Lipinski definition) is 3. The number of carboxylic acids is 1. The van der Waals surface area contributed by atoms with Crippen molar-refractivity contribution in [2.75, 3.05) is 6.61 Å². The second kappa shape index (κ2) is 10.6. The van der Waals surface area contributed by atoms with E-state index in [4.69, 9.17) is 9.84 Å². The van der Waals surface area contributed by atoms with Gasteiger partial charge in [-0.3, -0.25) is 9.59 Å². The third-order valence-corrected chi connectivity index (χ3v) is 4.34. The Hall–Kier alpha value is -3.92. The van der Waals surface area contributed by atoms with E-state index in [0.717, 1.165) is 16.9 Å². The van der Waals surface area contributed by atoms with Crippen LogP contribution in [-0.2, 0) is 11.2 Å². The van der Waals surface area contributed by atoms with E-state index < -0.39 is 5.97 Å². The molecule has 0 fully saturated rings. The minimum atomic E-state index is -0.897. The van der Waals surface area contributed by atoms with Crippen LogP contribution in [-0.4, -0.2) is 23.5 Å². The van der Waals surface area contributed by atoms with Crippen LogP contribution in [0.15, 0.2) is 91.0 Å². The largest absolute Gasteiger partial charge is 0.490 e. The van der Waals surface area contributed by atoms with Crippen molar-refractivity contribution in [2.45, 2.75) is 6.42 Å². The standard InChI is InChI=1S/C26H22O4/c27-25(23-14-11-22(12-15-23)19-26(28)29)16-13-21-8-4-10-24(18-21)30-17-5-9-20-6-2-1-3-7-20/h1-16,18H,17,19H2,(H,28,29). The predicted molar refractivity (Wildman–Crippen MR) is 119 cm³/mol. The van der Waals surface area contributed by atoms with E-state index in [0.29, 0.717) is 17.7 Å². The first-order valence-electron chi connectivity index (χ1n) is 9.58. The molecular weight excluding hydrogens is 376 g/mol. The topological polar surface area (TPSA) is 63.6 Å². The smallest absolute Gasteiger partial charge is 0.307 e. The average Bonchev–Trinajstić information content (AvgIpc) is 2.76. The molecule has 0 bridgehead atoms. The van der Waals surface area contributed by atoms with E-state index >= 15 is 0 Å². The van der Waals surface area contributed by atoms with Gasteiger partial charge in [0.15, 0.2) is 5.78 Å². The fourth-order valence-corrected chi connectivity index (χ4v) is 2.83. The van der Waals surface area contributed by atoms with Crippen molar-refractivity contribution < 1.29 is 19.4 Å². The molecule has 3 aromatic rings. The number of allylic oxidation sites excluding steroid dienone is 1. The third kappa shape index (κ3) is 6.60. The molecule has 0 spiro atoms. The van der Waals surface area contributed by atoms with Crippen molar-refractivity contribution in [3.63, 3.8) is 0 Å². The van der Waals surface area contributed by atoms with Crippen molar-refractivity contribution in [1.82, 2.24) is 0 Å². The molecule has 30 heavy (non-hydrogen) atoms. The summed E-state index contributed by atoms with van der Waals surface area (Å²) in [5.41, 5.74) is 3.15. The van der Waals surface area contributed by atoms with Crippen LogP contribution in [0, 0.1) is 0 Å². The first-order valence-corrected chi connectivity index (χ1v) is 9.58. The van der Waals surface area contributed by atoms with E-state index in [9.17, 15) is 9.59 Å². The van der Waals surface area contributed by atoms with Gasteiger partial charge in [-0.05, 0) is 41.0 Å². The summed E-state index contributed by atoms with van der Waals surface area (Å²) < 4.78 is 5.75. The Morgan fingerprint density at radius 1 is 0.833 bits per heavy atom. The highest BCUT2D eigenvalue weighted by Crippen LogP contribution is 2.15. The molecule has 0 amide bonds. The van der Waals surface area contributed by atoms with Crippen LogP contribution in [0.1, 0.15) is 27.0 Å². The van der Waals surface area contributed by atoms with E-state index in [1.807, 2.05) is 66.7 Å². The molecule has 1 N–H and O–H groups in total. The highest BCUT2D eigenvalue weighted by atomic mass is 16.5. The number of ketones is 1. The summed E-state index contributed by atoms with van der Waals surface area (Å²) in [6, 6.07) is 24.1. The first-order chi connectivity index (χ1) is 14.6. The maximum atomic E-state index is 12.3. The second-order valence-corrected chi connectivity index (χ2v) is 6.66. The van der Waals surface area contributed by atoms with Crippen LogP contribution in [0.5, 0.6) is 5.75 Å². The van der Waals surface area contributed by atoms with Gasteiger partial charge >= 0.3 is 5.97 Å². The fraction of sp³-hybridized carbons (Fsp3) is 0.0769. The molecule has 0 heterocycles. The quantitative estimate of drug-likeness (QED) is 0.392. The number of carboxylic acid groups (broad SMARTS) is 1. The summed E-state index contributed by atoms with van der Waals surface area (Å²) in [5.74, 6) is -0.319. The maximum absolute atomic E-state index is 12.3. The Labute approximate surface area is 175 Å². The summed E-state index contributed by atoms with van der Waals surface area (Å²) in [5, 5.41) is 8.81. The van der Waals surface area contributed by atoms with Gasteiger partial charge in [-0.15, -0.1) is 0 Å². The van der Waals surface area contributed by atoms with E-state index in [1.54, 1.807) is 30.3 Å². The fourth-order valence-electron chi connectivity index (χ4n) is 2.83. The van der Waals surface area contributed by atoms with Crippen LogP contribution in [0.25, 0.3) is 12.2 Å². The highest BCUT2D eigenvalue weighted by molar-refractivity contribution is 6.06. The van der Waals surface area contributed by atoms with Crippen LogP contribution >= 0.6 is 0 Å². The molecule has 0 saturated carbocycles. The number of carbonyl (C=O) groups excluding carboxylic acids is 1. The van der Waals surface area contributed by atoms with Crippen molar-refractivity contribution in [3.8, 4) is 5.75 Å². The summed E-state index contributed by atoms with van der Waals surface area (Å²) >= 11 is 0.